The molecular weight excluding hydrogens is 270 g/mol. The average molecular weight is 291 g/mol. The topological polar surface area (TPSA) is 59.2 Å². The number of hydrogen-bond donors (Lipinski definition) is 1. The lowest BCUT2D eigenvalue weighted by atomic mass is 10.0. The molecule has 0 fully saturated rings. The molecule has 20 heavy (non-hydrogen) atoms. The predicted molar refractivity (Wildman–Crippen MR) is 85.0 cm³/mol. The number of nitrogen functional groups attached to an aromatic ring is 1. The van der Waals surface area contributed by atoms with Gasteiger partial charge in [0.05, 0.1) is 10.4 Å². The molecule has 1 unspecified atom stereocenters. The molecule has 0 aliphatic rings. The predicted octanol–water partition coefficient (Wildman–Crippen LogP) is 3.39. The molecule has 0 saturated carbocycles. The second-order valence-corrected chi connectivity index (χ2v) is 6.66. The Bertz CT molecular complexity index is 621. The van der Waals surface area contributed by atoms with Crippen molar-refractivity contribution in [2.45, 2.75) is 33.2 Å². The van der Waals surface area contributed by atoms with Gasteiger partial charge in [-0.3, -0.25) is 9.78 Å². The first-order valence-corrected chi connectivity index (χ1v) is 7.62. The number of hydrogen-bond acceptors (Lipinski definition) is 4. The summed E-state index contributed by atoms with van der Waals surface area (Å²) in [7, 11) is 1.84. The van der Waals surface area contributed by atoms with Crippen LogP contribution in [0.2, 0.25) is 0 Å². The minimum Gasteiger partial charge on any atom is -0.397 e. The SMILES string of the molecule is CC(C)CC(C)N(C)C(=O)c1sc2cnccc2c1N. The molecule has 2 rings (SSSR count). The summed E-state index contributed by atoms with van der Waals surface area (Å²) in [6.45, 7) is 6.39. The van der Waals surface area contributed by atoms with Crippen molar-refractivity contribution in [1.82, 2.24) is 9.88 Å². The van der Waals surface area contributed by atoms with Crippen molar-refractivity contribution in [3.05, 3.63) is 23.3 Å². The van der Waals surface area contributed by atoms with E-state index in [1.54, 1.807) is 17.3 Å². The van der Waals surface area contributed by atoms with E-state index < -0.39 is 0 Å². The third-order valence-electron chi connectivity index (χ3n) is 3.52. The summed E-state index contributed by atoms with van der Waals surface area (Å²) in [4.78, 5) is 19.1. The van der Waals surface area contributed by atoms with Gasteiger partial charge in [-0.1, -0.05) is 13.8 Å². The molecular formula is C15H21N3OS. The van der Waals surface area contributed by atoms with Crippen LogP contribution in [-0.4, -0.2) is 28.9 Å². The van der Waals surface area contributed by atoms with Gasteiger partial charge in [0.25, 0.3) is 5.91 Å². The summed E-state index contributed by atoms with van der Waals surface area (Å²) in [6.07, 6.45) is 4.43. The molecule has 2 aromatic heterocycles. The number of aromatic nitrogens is 1. The van der Waals surface area contributed by atoms with Crippen molar-refractivity contribution in [3.8, 4) is 0 Å². The first-order chi connectivity index (χ1) is 9.41. The number of pyridine rings is 1. The van der Waals surface area contributed by atoms with Crippen LogP contribution < -0.4 is 5.73 Å². The quantitative estimate of drug-likeness (QED) is 0.939. The maximum Gasteiger partial charge on any atom is 0.266 e. The molecule has 0 aromatic carbocycles. The molecule has 1 amide bonds. The monoisotopic (exact) mass is 291 g/mol. The van der Waals surface area contributed by atoms with Gasteiger partial charge in [-0.05, 0) is 25.3 Å². The molecule has 4 nitrogen and oxygen atoms in total. The van der Waals surface area contributed by atoms with E-state index in [1.807, 2.05) is 13.1 Å². The van der Waals surface area contributed by atoms with E-state index >= 15 is 0 Å². The van der Waals surface area contributed by atoms with Gasteiger partial charge >= 0.3 is 0 Å². The fraction of sp³-hybridized carbons (Fsp3) is 0.467. The second kappa shape index (κ2) is 5.79. The van der Waals surface area contributed by atoms with E-state index in [0.717, 1.165) is 16.5 Å². The normalized spacial score (nSPS) is 12.8. The molecule has 0 saturated heterocycles. The largest absolute Gasteiger partial charge is 0.397 e. The number of anilines is 1. The number of amides is 1. The molecule has 1 atom stereocenters. The Morgan fingerprint density at radius 1 is 1.45 bits per heavy atom. The maximum atomic E-state index is 12.6. The van der Waals surface area contributed by atoms with Crippen molar-refractivity contribution in [3.63, 3.8) is 0 Å². The van der Waals surface area contributed by atoms with Crippen molar-refractivity contribution < 1.29 is 4.79 Å². The average Bonchev–Trinajstić information content (AvgIpc) is 2.74. The number of carbonyl (C=O) groups is 1. The zero-order valence-corrected chi connectivity index (χ0v) is 13.2. The fourth-order valence-electron chi connectivity index (χ4n) is 2.33. The van der Waals surface area contributed by atoms with Gasteiger partial charge in [-0.15, -0.1) is 11.3 Å². The van der Waals surface area contributed by atoms with Gasteiger partial charge in [0.1, 0.15) is 4.88 Å². The third kappa shape index (κ3) is 2.77. The fourth-order valence-corrected chi connectivity index (χ4v) is 3.40. The van der Waals surface area contributed by atoms with Gasteiger partial charge in [-0.25, -0.2) is 0 Å². The molecule has 5 heteroatoms. The van der Waals surface area contributed by atoms with Crippen LogP contribution in [-0.2, 0) is 0 Å². The van der Waals surface area contributed by atoms with Crippen LogP contribution in [0, 0.1) is 5.92 Å². The van der Waals surface area contributed by atoms with Crippen LogP contribution in [0.25, 0.3) is 10.1 Å². The lowest BCUT2D eigenvalue weighted by molar-refractivity contribution is 0.0734. The van der Waals surface area contributed by atoms with Crippen LogP contribution >= 0.6 is 11.3 Å². The van der Waals surface area contributed by atoms with Crippen molar-refractivity contribution >= 4 is 33.0 Å². The van der Waals surface area contributed by atoms with Crippen LogP contribution in [0.5, 0.6) is 0 Å². The molecule has 2 aromatic rings. The molecule has 0 bridgehead atoms. The molecule has 0 spiro atoms. The Labute approximate surface area is 123 Å². The minimum atomic E-state index is -0.00292. The van der Waals surface area contributed by atoms with Crippen LogP contribution in [0.3, 0.4) is 0 Å². The zero-order chi connectivity index (χ0) is 14.9. The number of nitrogens with two attached hydrogens (primary N) is 1. The first-order valence-electron chi connectivity index (χ1n) is 6.81. The third-order valence-corrected chi connectivity index (χ3v) is 4.66. The standard InChI is InChI=1S/C15H21N3OS/c1-9(2)7-10(3)18(4)15(19)14-13(16)11-5-6-17-8-12(11)20-14/h5-6,8-10H,7,16H2,1-4H3. The molecule has 2 N–H and O–H groups in total. The highest BCUT2D eigenvalue weighted by Gasteiger charge is 2.23. The summed E-state index contributed by atoms with van der Waals surface area (Å²) >= 11 is 1.42. The van der Waals surface area contributed by atoms with Crippen LogP contribution in [0.1, 0.15) is 36.9 Å². The van der Waals surface area contributed by atoms with Gasteiger partial charge in [0.2, 0.25) is 0 Å². The van der Waals surface area contributed by atoms with Crippen molar-refractivity contribution in [2.75, 3.05) is 12.8 Å². The molecule has 0 aliphatic heterocycles. The van der Waals surface area contributed by atoms with Gasteiger partial charge in [-0.2, -0.15) is 0 Å². The lowest BCUT2D eigenvalue weighted by Crippen LogP contribution is -2.35. The van der Waals surface area contributed by atoms with Gasteiger partial charge in [0.15, 0.2) is 0 Å². The van der Waals surface area contributed by atoms with Gasteiger partial charge < -0.3 is 10.6 Å². The Balaban J connectivity index is 2.29. The number of nitrogens with zero attached hydrogens (tertiary/aromatic N) is 2. The van der Waals surface area contributed by atoms with E-state index in [0.29, 0.717) is 16.5 Å². The highest BCUT2D eigenvalue weighted by Crippen LogP contribution is 2.33. The Morgan fingerprint density at radius 2 is 2.15 bits per heavy atom. The summed E-state index contributed by atoms with van der Waals surface area (Å²) < 4.78 is 0.957. The number of rotatable bonds is 4. The van der Waals surface area contributed by atoms with Gasteiger partial charge in [0, 0.05) is 30.9 Å². The lowest BCUT2D eigenvalue weighted by Gasteiger charge is -2.26. The van der Waals surface area contributed by atoms with E-state index in [1.165, 1.54) is 11.3 Å². The molecule has 108 valence electrons. The summed E-state index contributed by atoms with van der Waals surface area (Å²) in [6, 6.07) is 2.06. The first kappa shape index (κ1) is 14.8. The van der Waals surface area contributed by atoms with E-state index in [2.05, 4.69) is 25.8 Å². The number of carbonyl (C=O) groups excluding carboxylic acids is 1. The van der Waals surface area contributed by atoms with E-state index in [4.69, 9.17) is 5.73 Å². The Morgan fingerprint density at radius 3 is 2.75 bits per heavy atom. The van der Waals surface area contributed by atoms with E-state index in [9.17, 15) is 4.79 Å². The summed E-state index contributed by atoms with van der Waals surface area (Å²) in [5.41, 5.74) is 6.68. The molecule has 2 heterocycles. The smallest absolute Gasteiger partial charge is 0.266 e. The zero-order valence-electron chi connectivity index (χ0n) is 12.4. The van der Waals surface area contributed by atoms with Crippen molar-refractivity contribution in [1.29, 1.82) is 0 Å². The molecule has 0 aliphatic carbocycles. The number of fused-ring (bicyclic) bond motifs is 1. The Kier molecular flexibility index (Phi) is 4.28. The highest BCUT2D eigenvalue weighted by atomic mass is 32.1. The second-order valence-electron chi connectivity index (χ2n) is 5.61. The van der Waals surface area contributed by atoms with Crippen LogP contribution in [0.15, 0.2) is 18.5 Å². The summed E-state index contributed by atoms with van der Waals surface area (Å²) in [5.74, 6) is 0.557. The van der Waals surface area contributed by atoms with E-state index in [-0.39, 0.29) is 11.9 Å². The summed E-state index contributed by atoms with van der Waals surface area (Å²) in [5, 5.41) is 0.915. The number of thiophene rings is 1. The highest BCUT2D eigenvalue weighted by molar-refractivity contribution is 7.21. The Hall–Kier alpha value is -1.62. The maximum absolute atomic E-state index is 12.6. The molecule has 0 radical (unpaired) electrons. The van der Waals surface area contributed by atoms with Crippen molar-refractivity contribution in [2.24, 2.45) is 5.92 Å². The van der Waals surface area contributed by atoms with Crippen LogP contribution in [0.4, 0.5) is 5.69 Å². The minimum absolute atomic E-state index is 0.00292.